The fraction of sp³-hybridized carbons (Fsp3) is 0.211. The largest absolute Gasteiger partial charge is 0.493 e. The normalized spacial score (nSPS) is 11.1. The minimum atomic E-state index is -0.803. The number of nitrogens with one attached hydrogen (secondary N) is 1. The van der Waals surface area contributed by atoms with Gasteiger partial charge in [0.2, 0.25) is 0 Å². The van der Waals surface area contributed by atoms with E-state index in [1.165, 1.54) is 20.1 Å². The third kappa shape index (κ3) is 4.58. The highest BCUT2D eigenvalue weighted by molar-refractivity contribution is 5.98. The van der Waals surface area contributed by atoms with Gasteiger partial charge in [0.25, 0.3) is 5.91 Å². The molecular weight excluding hydrogens is 320 g/mol. The lowest BCUT2D eigenvalue weighted by Gasteiger charge is -2.17. The van der Waals surface area contributed by atoms with Crippen LogP contribution >= 0.6 is 0 Å². The van der Waals surface area contributed by atoms with Crippen LogP contribution in [-0.2, 0) is 4.79 Å². The fourth-order valence-electron chi connectivity index (χ4n) is 2.14. The first-order valence-electron chi connectivity index (χ1n) is 7.61. The van der Waals surface area contributed by atoms with Gasteiger partial charge < -0.3 is 14.8 Å². The maximum absolute atomic E-state index is 12.3. The van der Waals surface area contributed by atoms with E-state index >= 15 is 0 Å². The Hall–Kier alpha value is -3.33. The number of ether oxygens (including phenoxy) is 2. The molecule has 0 bridgehead atoms. The Bertz CT molecular complexity index is 840. The van der Waals surface area contributed by atoms with Crippen molar-refractivity contribution in [3.05, 3.63) is 53.6 Å². The monoisotopic (exact) mass is 338 g/mol. The molecule has 0 saturated heterocycles. The summed E-state index contributed by atoms with van der Waals surface area (Å²) in [6.07, 6.45) is -0.803. The van der Waals surface area contributed by atoms with E-state index in [2.05, 4.69) is 5.32 Å². The number of hydrogen-bond acceptors (Lipinski definition) is 5. The lowest BCUT2D eigenvalue weighted by atomic mass is 10.1. The minimum Gasteiger partial charge on any atom is -0.493 e. The number of anilines is 1. The summed E-state index contributed by atoms with van der Waals surface area (Å²) in [5.41, 5.74) is 1.46. The molecule has 2 aromatic carbocycles. The fourth-order valence-corrected chi connectivity index (χ4v) is 2.14. The molecule has 6 heteroatoms. The van der Waals surface area contributed by atoms with Crippen molar-refractivity contribution >= 4 is 17.4 Å². The molecule has 25 heavy (non-hydrogen) atoms. The third-order valence-electron chi connectivity index (χ3n) is 3.50. The highest BCUT2D eigenvalue weighted by Gasteiger charge is 2.17. The Morgan fingerprint density at radius 3 is 2.56 bits per heavy atom. The van der Waals surface area contributed by atoms with Crippen molar-refractivity contribution in [2.24, 2.45) is 0 Å². The zero-order chi connectivity index (χ0) is 18.4. The van der Waals surface area contributed by atoms with Crippen molar-refractivity contribution in [1.29, 1.82) is 5.26 Å². The first kappa shape index (κ1) is 18.0. The van der Waals surface area contributed by atoms with E-state index in [9.17, 15) is 9.59 Å². The molecular formula is C19H18N2O4. The highest BCUT2D eigenvalue weighted by atomic mass is 16.5. The standard InChI is InChI=1S/C19H18N2O4/c1-12(22)15-5-4-6-16(10-15)21-19(23)13(2)25-17-8-7-14(11-20)9-18(17)24-3/h4-10,13H,1-3H3,(H,21,23)/t13-/m1/s1. The summed E-state index contributed by atoms with van der Waals surface area (Å²) in [6.45, 7) is 3.06. The van der Waals surface area contributed by atoms with Crippen molar-refractivity contribution in [2.75, 3.05) is 12.4 Å². The Balaban J connectivity index is 2.09. The van der Waals surface area contributed by atoms with Crippen LogP contribution in [0.25, 0.3) is 0 Å². The maximum Gasteiger partial charge on any atom is 0.265 e. The molecule has 0 saturated carbocycles. The van der Waals surface area contributed by atoms with Crippen LogP contribution in [-0.4, -0.2) is 24.9 Å². The van der Waals surface area contributed by atoms with Gasteiger partial charge in [-0.25, -0.2) is 0 Å². The molecule has 0 aliphatic carbocycles. The van der Waals surface area contributed by atoms with Crippen LogP contribution in [0.5, 0.6) is 11.5 Å². The molecule has 2 aromatic rings. The molecule has 0 fully saturated rings. The molecule has 1 N–H and O–H groups in total. The third-order valence-corrected chi connectivity index (χ3v) is 3.50. The molecule has 0 heterocycles. The topological polar surface area (TPSA) is 88.4 Å². The SMILES string of the molecule is COc1cc(C#N)ccc1O[C@H](C)C(=O)Nc1cccc(C(C)=O)c1. The van der Waals surface area contributed by atoms with Gasteiger partial charge in [-0.1, -0.05) is 12.1 Å². The Kier molecular flexibility index (Phi) is 5.75. The number of benzene rings is 2. The van der Waals surface area contributed by atoms with Gasteiger partial charge in [-0.3, -0.25) is 9.59 Å². The van der Waals surface area contributed by atoms with Crippen molar-refractivity contribution < 1.29 is 19.1 Å². The van der Waals surface area contributed by atoms with Gasteiger partial charge in [-0.2, -0.15) is 5.26 Å². The van der Waals surface area contributed by atoms with Gasteiger partial charge in [-0.05, 0) is 38.1 Å². The molecule has 2 rings (SSSR count). The summed E-state index contributed by atoms with van der Waals surface area (Å²) in [4.78, 5) is 23.7. The summed E-state index contributed by atoms with van der Waals surface area (Å²) in [7, 11) is 1.46. The second-order valence-electron chi connectivity index (χ2n) is 5.36. The molecule has 1 amide bonds. The number of Topliss-reactive ketones (excluding diaryl/α,β-unsaturated/α-hetero) is 1. The van der Waals surface area contributed by atoms with E-state index < -0.39 is 6.10 Å². The number of carbonyl (C=O) groups is 2. The average Bonchev–Trinajstić information content (AvgIpc) is 2.62. The van der Waals surface area contributed by atoms with Crippen LogP contribution in [0.4, 0.5) is 5.69 Å². The lowest BCUT2D eigenvalue weighted by molar-refractivity contribution is -0.122. The van der Waals surface area contributed by atoms with E-state index in [-0.39, 0.29) is 11.7 Å². The number of carbonyl (C=O) groups excluding carboxylic acids is 2. The second kappa shape index (κ2) is 7.97. The van der Waals surface area contributed by atoms with Crippen LogP contribution in [0, 0.1) is 11.3 Å². The van der Waals surface area contributed by atoms with E-state index in [1.54, 1.807) is 43.3 Å². The highest BCUT2D eigenvalue weighted by Crippen LogP contribution is 2.29. The second-order valence-corrected chi connectivity index (χ2v) is 5.36. The first-order valence-corrected chi connectivity index (χ1v) is 7.61. The van der Waals surface area contributed by atoms with Crippen LogP contribution in [0.3, 0.4) is 0 Å². The average molecular weight is 338 g/mol. The van der Waals surface area contributed by atoms with Crippen molar-refractivity contribution in [2.45, 2.75) is 20.0 Å². The van der Waals surface area contributed by atoms with Gasteiger partial charge in [0.05, 0.1) is 18.7 Å². The lowest BCUT2D eigenvalue weighted by Crippen LogP contribution is -2.30. The molecule has 1 atom stereocenters. The van der Waals surface area contributed by atoms with E-state index in [0.29, 0.717) is 28.3 Å². The predicted octanol–water partition coefficient (Wildman–Crippen LogP) is 3.18. The van der Waals surface area contributed by atoms with Crippen LogP contribution in [0.15, 0.2) is 42.5 Å². The molecule has 0 aromatic heterocycles. The van der Waals surface area contributed by atoms with Gasteiger partial charge in [0, 0.05) is 17.3 Å². The summed E-state index contributed by atoms with van der Waals surface area (Å²) < 4.78 is 10.8. The van der Waals surface area contributed by atoms with Crippen LogP contribution in [0.2, 0.25) is 0 Å². The molecule has 0 unspecified atom stereocenters. The molecule has 0 radical (unpaired) electrons. The Morgan fingerprint density at radius 2 is 1.92 bits per heavy atom. The minimum absolute atomic E-state index is 0.0808. The molecule has 0 aliphatic rings. The van der Waals surface area contributed by atoms with Crippen molar-refractivity contribution in [3.63, 3.8) is 0 Å². The van der Waals surface area contributed by atoms with Gasteiger partial charge in [0.15, 0.2) is 23.4 Å². The number of nitrogens with zero attached hydrogens (tertiary/aromatic N) is 1. The molecule has 6 nitrogen and oxygen atoms in total. The first-order chi connectivity index (χ1) is 11.9. The van der Waals surface area contributed by atoms with Gasteiger partial charge in [-0.15, -0.1) is 0 Å². The number of ketones is 1. The van der Waals surface area contributed by atoms with Gasteiger partial charge in [0.1, 0.15) is 0 Å². The molecule has 128 valence electrons. The van der Waals surface area contributed by atoms with Crippen LogP contribution in [0.1, 0.15) is 29.8 Å². The van der Waals surface area contributed by atoms with Crippen LogP contribution < -0.4 is 14.8 Å². The van der Waals surface area contributed by atoms with E-state index in [0.717, 1.165) is 0 Å². The summed E-state index contributed by atoms with van der Waals surface area (Å²) in [5.74, 6) is 0.286. The zero-order valence-corrected chi connectivity index (χ0v) is 14.2. The summed E-state index contributed by atoms with van der Waals surface area (Å²) in [6, 6.07) is 13.4. The number of amides is 1. The zero-order valence-electron chi connectivity index (χ0n) is 14.2. The Labute approximate surface area is 146 Å². The maximum atomic E-state index is 12.3. The van der Waals surface area contributed by atoms with Crippen molar-refractivity contribution in [3.8, 4) is 17.6 Å². The quantitative estimate of drug-likeness (QED) is 0.817. The molecule has 0 spiro atoms. The number of rotatable bonds is 6. The van der Waals surface area contributed by atoms with Crippen molar-refractivity contribution in [1.82, 2.24) is 0 Å². The smallest absolute Gasteiger partial charge is 0.265 e. The molecule has 0 aliphatic heterocycles. The van der Waals surface area contributed by atoms with E-state index in [1.807, 2.05) is 6.07 Å². The predicted molar refractivity (Wildman–Crippen MR) is 92.9 cm³/mol. The Morgan fingerprint density at radius 1 is 1.16 bits per heavy atom. The number of hydrogen-bond donors (Lipinski definition) is 1. The summed E-state index contributed by atoms with van der Waals surface area (Å²) >= 11 is 0. The number of nitriles is 1. The van der Waals surface area contributed by atoms with Gasteiger partial charge >= 0.3 is 0 Å². The number of methoxy groups -OCH3 is 1. The van der Waals surface area contributed by atoms with E-state index in [4.69, 9.17) is 14.7 Å². The summed E-state index contributed by atoms with van der Waals surface area (Å²) in [5, 5.41) is 11.6.